The Morgan fingerprint density at radius 2 is 2.00 bits per heavy atom. The van der Waals surface area contributed by atoms with Crippen molar-refractivity contribution in [1.29, 1.82) is 0 Å². The van der Waals surface area contributed by atoms with E-state index in [1.807, 2.05) is 6.07 Å². The molecule has 1 aliphatic carbocycles. The molecule has 98 valence electrons. The molecule has 5 heteroatoms. The summed E-state index contributed by atoms with van der Waals surface area (Å²) in [7, 11) is 0. The van der Waals surface area contributed by atoms with Crippen molar-refractivity contribution in [3.05, 3.63) is 50.7 Å². The van der Waals surface area contributed by atoms with Crippen LogP contribution in [0.1, 0.15) is 35.8 Å². The van der Waals surface area contributed by atoms with E-state index in [9.17, 15) is 4.39 Å². The molecular formula is C14H13FIN3. The quantitative estimate of drug-likeness (QED) is 0.845. The highest BCUT2D eigenvalue weighted by Crippen LogP contribution is 2.41. The number of benzene rings is 1. The van der Waals surface area contributed by atoms with Gasteiger partial charge in [0.2, 0.25) is 0 Å². The van der Waals surface area contributed by atoms with E-state index in [2.05, 4.69) is 32.6 Å². The number of halogens is 2. The largest absolute Gasteiger partial charge is 0.383 e. The first kappa shape index (κ1) is 12.8. The van der Waals surface area contributed by atoms with Gasteiger partial charge in [0.15, 0.2) is 0 Å². The van der Waals surface area contributed by atoms with E-state index in [1.165, 1.54) is 6.07 Å². The molecule has 0 aliphatic heterocycles. The minimum Gasteiger partial charge on any atom is -0.383 e. The maximum Gasteiger partial charge on any atom is 0.140 e. The second-order valence-corrected chi connectivity index (χ2v) is 5.85. The predicted octanol–water partition coefficient (Wildman–Crippen LogP) is 3.27. The van der Waals surface area contributed by atoms with Crippen molar-refractivity contribution < 1.29 is 4.39 Å². The Morgan fingerprint density at radius 3 is 2.68 bits per heavy atom. The summed E-state index contributed by atoms with van der Waals surface area (Å²) in [6.07, 6.45) is 2.70. The average molecular weight is 369 g/mol. The predicted molar refractivity (Wildman–Crippen MR) is 80.3 cm³/mol. The fourth-order valence-corrected chi connectivity index (χ4v) is 2.73. The molecule has 1 heterocycles. The molecule has 1 aliphatic rings. The van der Waals surface area contributed by atoms with Crippen molar-refractivity contribution in [3.8, 4) is 0 Å². The Bertz CT molecular complexity index is 626. The molecule has 2 aromatic rings. The van der Waals surface area contributed by atoms with Crippen molar-refractivity contribution in [2.45, 2.75) is 25.2 Å². The molecule has 3 rings (SSSR count). The Balaban J connectivity index is 1.95. The molecule has 0 saturated heterocycles. The Kier molecular flexibility index (Phi) is 3.38. The standard InChI is InChI=1S/C14H13FIN3/c15-10-4-2-1-3-9(10)7-11-18-13(8-5-6-8)12(16)14(17)19-11/h1-4,8H,5-7H2,(H2,17,18,19). The Labute approximate surface area is 124 Å². The summed E-state index contributed by atoms with van der Waals surface area (Å²) in [5.41, 5.74) is 7.56. The van der Waals surface area contributed by atoms with Gasteiger partial charge in [0.05, 0.1) is 9.26 Å². The number of anilines is 1. The van der Waals surface area contributed by atoms with Gasteiger partial charge in [-0.15, -0.1) is 0 Å². The summed E-state index contributed by atoms with van der Waals surface area (Å²) in [6, 6.07) is 6.70. The molecule has 0 atom stereocenters. The monoisotopic (exact) mass is 369 g/mol. The van der Waals surface area contributed by atoms with Crippen LogP contribution in [0.3, 0.4) is 0 Å². The SMILES string of the molecule is Nc1nc(Cc2ccccc2F)nc(C2CC2)c1I. The van der Waals surface area contributed by atoms with Crippen LogP contribution in [-0.2, 0) is 6.42 Å². The molecule has 0 bridgehead atoms. The summed E-state index contributed by atoms with van der Waals surface area (Å²) in [6.45, 7) is 0. The molecule has 0 unspecified atom stereocenters. The third-order valence-corrected chi connectivity index (χ3v) is 4.32. The maximum atomic E-state index is 13.6. The number of nitrogen functional groups attached to an aromatic ring is 1. The zero-order valence-corrected chi connectivity index (χ0v) is 12.4. The average Bonchev–Trinajstić information content (AvgIpc) is 3.20. The number of hydrogen-bond acceptors (Lipinski definition) is 3. The van der Waals surface area contributed by atoms with Crippen molar-refractivity contribution in [2.75, 3.05) is 5.73 Å². The van der Waals surface area contributed by atoms with E-state index in [1.54, 1.807) is 12.1 Å². The summed E-state index contributed by atoms with van der Waals surface area (Å²) >= 11 is 2.19. The van der Waals surface area contributed by atoms with Gasteiger partial charge in [0, 0.05) is 12.3 Å². The highest BCUT2D eigenvalue weighted by molar-refractivity contribution is 14.1. The molecule has 1 aromatic heterocycles. The summed E-state index contributed by atoms with van der Waals surface area (Å²) in [5.74, 6) is 1.39. The topological polar surface area (TPSA) is 51.8 Å². The molecule has 1 saturated carbocycles. The highest BCUT2D eigenvalue weighted by atomic mass is 127. The van der Waals surface area contributed by atoms with E-state index in [-0.39, 0.29) is 5.82 Å². The number of rotatable bonds is 3. The van der Waals surface area contributed by atoms with Gasteiger partial charge in [-0.25, -0.2) is 14.4 Å². The lowest BCUT2D eigenvalue weighted by molar-refractivity contribution is 0.612. The lowest BCUT2D eigenvalue weighted by Gasteiger charge is -2.08. The van der Waals surface area contributed by atoms with Crippen LogP contribution in [0.4, 0.5) is 10.2 Å². The molecule has 1 fully saturated rings. The minimum atomic E-state index is -0.226. The van der Waals surface area contributed by atoms with Gasteiger partial charge < -0.3 is 5.73 Å². The molecule has 2 N–H and O–H groups in total. The Hall–Kier alpha value is -1.24. The smallest absolute Gasteiger partial charge is 0.140 e. The van der Waals surface area contributed by atoms with Gasteiger partial charge in [-0.1, -0.05) is 18.2 Å². The molecule has 3 nitrogen and oxygen atoms in total. The second-order valence-electron chi connectivity index (χ2n) is 4.77. The third-order valence-electron chi connectivity index (χ3n) is 3.22. The van der Waals surface area contributed by atoms with Crippen LogP contribution >= 0.6 is 22.6 Å². The third kappa shape index (κ3) is 2.70. The number of hydrogen-bond donors (Lipinski definition) is 1. The lowest BCUT2D eigenvalue weighted by atomic mass is 10.1. The zero-order valence-electron chi connectivity index (χ0n) is 10.2. The number of nitrogens with zero attached hydrogens (tertiary/aromatic N) is 2. The second kappa shape index (κ2) is 5.03. The molecule has 0 amide bonds. The molecule has 0 spiro atoms. The summed E-state index contributed by atoms with van der Waals surface area (Å²) < 4.78 is 14.6. The van der Waals surface area contributed by atoms with Gasteiger partial charge >= 0.3 is 0 Å². The first-order valence-corrected chi connectivity index (χ1v) is 7.28. The van der Waals surface area contributed by atoms with Crippen molar-refractivity contribution in [1.82, 2.24) is 9.97 Å². The van der Waals surface area contributed by atoms with Crippen molar-refractivity contribution >= 4 is 28.4 Å². The molecule has 1 aromatic carbocycles. The van der Waals surface area contributed by atoms with Gasteiger partial charge in [-0.2, -0.15) is 0 Å². The van der Waals surface area contributed by atoms with E-state index in [0.29, 0.717) is 29.5 Å². The van der Waals surface area contributed by atoms with Crippen molar-refractivity contribution in [3.63, 3.8) is 0 Å². The van der Waals surface area contributed by atoms with Gasteiger partial charge in [0.1, 0.15) is 17.5 Å². The van der Waals surface area contributed by atoms with Crippen molar-refractivity contribution in [2.24, 2.45) is 0 Å². The van der Waals surface area contributed by atoms with Crippen LogP contribution in [0.15, 0.2) is 24.3 Å². The van der Waals surface area contributed by atoms with Crippen LogP contribution in [0.5, 0.6) is 0 Å². The first-order valence-electron chi connectivity index (χ1n) is 6.20. The molecule has 0 radical (unpaired) electrons. The van der Waals surface area contributed by atoms with E-state index < -0.39 is 0 Å². The van der Waals surface area contributed by atoms with Gasteiger partial charge in [-0.3, -0.25) is 0 Å². The Morgan fingerprint density at radius 1 is 1.26 bits per heavy atom. The van der Waals surface area contributed by atoms with Crippen LogP contribution in [-0.4, -0.2) is 9.97 Å². The minimum absolute atomic E-state index is 0.226. The zero-order chi connectivity index (χ0) is 13.4. The van der Waals surface area contributed by atoms with Crippen LogP contribution in [0, 0.1) is 9.39 Å². The van der Waals surface area contributed by atoms with Crippen LogP contribution < -0.4 is 5.73 Å². The number of nitrogens with two attached hydrogens (primary N) is 1. The van der Waals surface area contributed by atoms with E-state index >= 15 is 0 Å². The fourth-order valence-electron chi connectivity index (χ4n) is 2.05. The van der Waals surface area contributed by atoms with E-state index in [4.69, 9.17) is 5.73 Å². The van der Waals surface area contributed by atoms with Gasteiger partial charge in [0.25, 0.3) is 0 Å². The lowest BCUT2D eigenvalue weighted by Crippen LogP contribution is -2.08. The first-order chi connectivity index (χ1) is 9.15. The van der Waals surface area contributed by atoms with Gasteiger partial charge in [-0.05, 0) is 47.1 Å². The highest BCUT2D eigenvalue weighted by Gasteiger charge is 2.29. The van der Waals surface area contributed by atoms with Crippen LogP contribution in [0.25, 0.3) is 0 Å². The van der Waals surface area contributed by atoms with E-state index in [0.717, 1.165) is 22.1 Å². The maximum absolute atomic E-state index is 13.6. The normalized spacial score (nSPS) is 14.6. The summed E-state index contributed by atoms with van der Waals surface area (Å²) in [5, 5.41) is 0. The fraction of sp³-hybridized carbons (Fsp3) is 0.286. The molecular weight excluding hydrogens is 356 g/mol. The molecule has 19 heavy (non-hydrogen) atoms. The summed E-state index contributed by atoms with van der Waals surface area (Å²) in [4.78, 5) is 8.84. The number of aromatic nitrogens is 2. The van der Waals surface area contributed by atoms with Crippen LogP contribution in [0.2, 0.25) is 0 Å².